The van der Waals surface area contributed by atoms with Crippen molar-refractivity contribution >= 4 is 29.5 Å². The Balaban J connectivity index is 1.45. The second kappa shape index (κ2) is 10.3. The average Bonchev–Trinajstić information content (AvgIpc) is 3.45. The zero-order valence-corrected chi connectivity index (χ0v) is 18.7. The normalized spacial score (nSPS) is 11.9. The molecule has 2 N–H and O–H groups in total. The number of aryl methyl sites for hydroxylation is 1. The van der Waals surface area contributed by atoms with Crippen LogP contribution in [-0.2, 0) is 17.8 Å². The summed E-state index contributed by atoms with van der Waals surface area (Å²) in [5.74, 6) is 0.611. The molecule has 1 amide bonds. The van der Waals surface area contributed by atoms with Crippen molar-refractivity contribution in [2.24, 2.45) is 0 Å². The molecule has 7 heteroatoms. The molecule has 31 heavy (non-hydrogen) atoms. The van der Waals surface area contributed by atoms with E-state index in [0.717, 1.165) is 29.7 Å². The minimum Gasteiger partial charge on any atom is -0.348 e. The number of hydrogen-bond acceptors (Lipinski definition) is 4. The molecule has 0 radical (unpaired) electrons. The number of H-pyrrole nitrogens is 1. The zero-order valence-electron chi connectivity index (χ0n) is 17.0. The van der Waals surface area contributed by atoms with Gasteiger partial charge in [0.15, 0.2) is 10.6 Å². The van der Waals surface area contributed by atoms with E-state index in [4.69, 9.17) is 12.2 Å². The third-order valence-corrected chi connectivity index (χ3v) is 6.32. The summed E-state index contributed by atoms with van der Waals surface area (Å²) in [7, 11) is 0. The van der Waals surface area contributed by atoms with Crippen LogP contribution in [0.15, 0.2) is 78.2 Å². The zero-order chi connectivity index (χ0) is 21.5. The Morgan fingerprint density at radius 3 is 2.52 bits per heavy atom. The number of carbonyl (C=O) groups is 1. The van der Waals surface area contributed by atoms with Gasteiger partial charge in [-0.15, -0.1) is 11.3 Å². The largest absolute Gasteiger partial charge is 0.348 e. The SMILES string of the molecule is O=C(Cn1c(-c2cccs2)n[nH]c1=S)NC(CCCc1ccccc1)c1ccccc1. The van der Waals surface area contributed by atoms with E-state index in [0.29, 0.717) is 10.6 Å². The molecule has 0 saturated carbocycles. The number of benzene rings is 2. The summed E-state index contributed by atoms with van der Waals surface area (Å²) in [6.07, 6.45) is 2.82. The first-order chi connectivity index (χ1) is 15.2. The number of hydrogen-bond donors (Lipinski definition) is 2. The highest BCUT2D eigenvalue weighted by atomic mass is 32.1. The van der Waals surface area contributed by atoms with Gasteiger partial charge in [0, 0.05) is 0 Å². The highest BCUT2D eigenvalue weighted by molar-refractivity contribution is 7.71. The van der Waals surface area contributed by atoms with Crippen LogP contribution in [-0.4, -0.2) is 20.7 Å². The van der Waals surface area contributed by atoms with Crippen LogP contribution < -0.4 is 5.32 Å². The summed E-state index contributed by atoms with van der Waals surface area (Å²) in [6.45, 7) is 0.130. The predicted octanol–water partition coefficient (Wildman–Crippen LogP) is 5.55. The van der Waals surface area contributed by atoms with E-state index in [-0.39, 0.29) is 18.5 Å². The predicted molar refractivity (Wildman–Crippen MR) is 127 cm³/mol. The minimum absolute atomic E-state index is 0.0522. The van der Waals surface area contributed by atoms with Crippen LogP contribution in [0.4, 0.5) is 0 Å². The third kappa shape index (κ3) is 5.57. The molecule has 2 heterocycles. The van der Waals surface area contributed by atoms with Crippen LogP contribution >= 0.6 is 23.6 Å². The van der Waals surface area contributed by atoms with Crippen LogP contribution in [0.3, 0.4) is 0 Å². The maximum absolute atomic E-state index is 13.0. The Hall–Kier alpha value is -3.03. The number of aromatic amines is 1. The monoisotopic (exact) mass is 448 g/mol. The molecule has 0 bridgehead atoms. The fourth-order valence-electron chi connectivity index (χ4n) is 3.60. The molecule has 4 aromatic rings. The van der Waals surface area contributed by atoms with Crippen molar-refractivity contribution in [1.29, 1.82) is 0 Å². The minimum atomic E-state index is -0.0797. The molecule has 0 saturated heterocycles. The van der Waals surface area contributed by atoms with E-state index in [2.05, 4.69) is 51.9 Å². The van der Waals surface area contributed by atoms with Crippen molar-refractivity contribution in [2.45, 2.75) is 31.8 Å². The van der Waals surface area contributed by atoms with Gasteiger partial charge in [0.1, 0.15) is 6.54 Å². The lowest BCUT2D eigenvalue weighted by Crippen LogP contribution is -2.32. The van der Waals surface area contributed by atoms with Crippen molar-refractivity contribution in [1.82, 2.24) is 20.1 Å². The first-order valence-electron chi connectivity index (χ1n) is 10.3. The topological polar surface area (TPSA) is 62.7 Å². The third-order valence-electron chi connectivity index (χ3n) is 5.14. The van der Waals surface area contributed by atoms with Crippen molar-refractivity contribution in [3.8, 4) is 10.7 Å². The summed E-state index contributed by atoms with van der Waals surface area (Å²) >= 11 is 6.93. The molecule has 4 rings (SSSR count). The standard InChI is InChI=1S/C24H24N4OS2/c29-22(17-28-23(26-27-24(28)30)21-15-8-16-31-21)25-20(19-12-5-2-6-13-19)14-7-11-18-9-3-1-4-10-18/h1-6,8-10,12-13,15-16,20H,7,11,14,17H2,(H,25,29)(H,27,30). The van der Waals surface area contributed by atoms with E-state index in [1.165, 1.54) is 5.56 Å². The quantitative estimate of drug-likeness (QED) is 0.330. The lowest BCUT2D eigenvalue weighted by Gasteiger charge is -2.20. The highest BCUT2D eigenvalue weighted by Crippen LogP contribution is 2.23. The van der Waals surface area contributed by atoms with Gasteiger partial charge in [-0.1, -0.05) is 66.7 Å². The van der Waals surface area contributed by atoms with Crippen LogP contribution in [0.25, 0.3) is 10.7 Å². The van der Waals surface area contributed by atoms with Crippen LogP contribution in [0, 0.1) is 4.77 Å². The number of carbonyl (C=O) groups excluding carboxylic acids is 1. The number of rotatable bonds is 9. The summed E-state index contributed by atoms with van der Waals surface area (Å²) in [6, 6.07) is 24.4. The van der Waals surface area contributed by atoms with Crippen LogP contribution in [0.2, 0.25) is 0 Å². The van der Waals surface area contributed by atoms with Gasteiger partial charge in [0.2, 0.25) is 5.91 Å². The van der Waals surface area contributed by atoms with E-state index < -0.39 is 0 Å². The molecular weight excluding hydrogens is 424 g/mol. The molecule has 0 aliphatic heterocycles. The second-order valence-electron chi connectivity index (χ2n) is 7.32. The van der Waals surface area contributed by atoms with Gasteiger partial charge in [-0.3, -0.25) is 14.5 Å². The maximum atomic E-state index is 13.0. The van der Waals surface area contributed by atoms with Gasteiger partial charge >= 0.3 is 0 Å². The number of aromatic nitrogens is 3. The van der Waals surface area contributed by atoms with Gasteiger partial charge in [-0.05, 0) is 54.1 Å². The fourth-order valence-corrected chi connectivity index (χ4v) is 4.52. The van der Waals surface area contributed by atoms with Crippen LogP contribution in [0.1, 0.15) is 30.0 Å². The lowest BCUT2D eigenvalue weighted by atomic mass is 9.99. The van der Waals surface area contributed by atoms with Gasteiger partial charge in [-0.25, -0.2) is 0 Å². The van der Waals surface area contributed by atoms with Crippen molar-refractivity contribution < 1.29 is 4.79 Å². The Labute approximate surface area is 190 Å². The van der Waals surface area contributed by atoms with Crippen LogP contribution in [0.5, 0.6) is 0 Å². The first-order valence-corrected chi connectivity index (χ1v) is 11.6. The maximum Gasteiger partial charge on any atom is 0.240 e. The Morgan fingerprint density at radius 1 is 1.06 bits per heavy atom. The molecule has 2 aromatic carbocycles. The summed E-state index contributed by atoms with van der Waals surface area (Å²) < 4.78 is 2.20. The first kappa shape index (κ1) is 21.2. The van der Waals surface area contributed by atoms with E-state index in [9.17, 15) is 4.79 Å². The average molecular weight is 449 g/mol. The molecule has 0 spiro atoms. The van der Waals surface area contributed by atoms with Crippen molar-refractivity contribution in [3.63, 3.8) is 0 Å². The molecule has 2 aromatic heterocycles. The van der Waals surface area contributed by atoms with Crippen molar-refractivity contribution in [2.75, 3.05) is 0 Å². The van der Waals surface area contributed by atoms with Gasteiger partial charge in [-0.2, -0.15) is 5.10 Å². The molecule has 158 valence electrons. The fraction of sp³-hybridized carbons (Fsp3) is 0.208. The van der Waals surface area contributed by atoms with Gasteiger partial charge in [0.05, 0.1) is 10.9 Å². The van der Waals surface area contributed by atoms with Crippen molar-refractivity contribution in [3.05, 3.63) is 94.1 Å². The number of nitrogens with one attached hydrogen (secondary N) is 2. The highest BCUT2D eigenvalue weighted by Gasteiger charge is 2.17. The Bertz CT molecular complexity index is 1150. The Kier molecular flexibility index (Phi) is 7.07. The summed E-state index contributed by atoms with van der Waals surface area (Å²) in [4.78, 5) is 14.0. The van der Waals surface area contributed by atoms with Gasteiger partial charge in [0.25, 0.3) is 0 Å². The molecule has 0 fully saturated rings. The molecule has 1 unspecified atom stereocenters. The molecule has 0 aliphatic rings. The van der Waals surface area contributed by atoms with Gasteiger partial charge < -0.3 is 5.32 Å². The summed E-state index contributed by atoms with van der Waals surface area (Å²) in [5.41, 5.74) is 2.42. The smallest absolute Gasteiger partial charge is 0.240 e. The second-order valence-corrected chi connectivity index (χ2v) is 8.66. The number of amides is 1. The van der Waals surface area contributed by atoms with E-state index >= 15 is 0 Å². The molecule has 5 nitrogen and oxygen atoms in total. The van der Waals surface area contributed by atoms with E-state index in [1.807, 2.05) is 41.8 Å². The number of thiophene rings is 1. The number of nitrogens with zero attached hydrogens (tertiary/aromatic N) is 2. The lowest BCUT2D eigenvalue weighted by molar-refractivity contribution is -0.122. The summed E-state index contributed by atoms with van der Waals surface area (Å²) in [5, 5.41) is 12.3. The Morgan fingerprint density at radius 2 is 1.81 bits per heavy atom. The van der Waals surface area contributed by atoms with E-state index in [1.54, 1.807) is 15.9 Å². The molecule has 1 atom stereocenters. The molecular formula is C24H24N4OS2. The molecule has 0 aliphatic carbocycles.